The van der Waals surface area contributed by atoms with E-state index < -0.39 is 0 Å². The number of anilines is 2. The van der Waals surface area contributed by atoms with Gasteiger partial charge in [-0.15, -0.1) is 0 Å². The summed E-state index contributed by atoms with van der Waals surface area (Å²) in [7, 11) is 0. The molecule has 0 aliphatic heterocycles. The molecular formula is C29H35N7O2. The van der Waals surface area contributed by atoms with E-state index in [1.807, 2.05) is 60.8 Å². The molecule has 1 amide bonds. The van der Waals surface area contributed by atoms with Gasteiger partial charge in [-0.2, -0.15) is 14.6 Å². The van der Waals surface area contributed by atoms with Crippen LogP contribution in [0.5, 0.6) is 0 Å². The van der Waals surface area contributed by atoms with Gasteiger partial charge >= 0.3 is 6.09 Å². The lowest BCUT2D eigenvalue weighted by Gasteiger charge is -2.28. The van der Waals surface area contributed by atoms with Crippen LogP contribution in [-0.2, 0) is 17.9 Å². The number of fused-ring (bicyclic) bond motifs is 1. The Morgan fingerprint density at radius 3 is 2.55 bits per heavy atom. The van der Waals surface area contributed by atoms with E-state index in [1.165, 1.54) is 0 Å². The summed E-state index contributed by atoms with van der Waals surface area (Å²) < 4.78 is 7.20. The summed E-state index contributed by atoms with van der Waals surface area (Å²) in [6, 6.07) is 17.6. The molecule has 9 heteroatoms. The fourth-order valence-electron chi connectivity index (χ4n) is 4.93. The second kappa shape index (κ2) is 11.5. The lowest BCUT2D eigenvalue weighted by atomic mass is 9.85. The summed E-state index contributed by atoms with van der Waals surface area (Å²) in [5, 5.41) is 11.1. The maximum atomic E-state index is 12.3. The number of aromatic nitrogens is 4. The van der Waals surface area contributed by atoms with Crippen molar-refractivity contribution in [3.8, 4) is 0 Å². The van der Waals surface area contributed by atoms with Crippen LogP contribution in [0.1, 0.15) is 73.9 Å². The average Bonchev–Trinajstić information content (AvgIpc) is 3.36. The van der Waals surface area contributed by atoms with Gasteiger partial charge in [-0.3, -0.25) is 0 Å². The SMILES string of the molecule is CC(C)c1cnn2c(NCc3cccc(N)c3)nc(C3CCC(NC(=O)OCc4ccccc4)CC3)nc12. The van der Waals surface area contributed by atoms with Crippen LogP contribution >= 0.6 is 0 Å². The van der Waals surface area contributed by atoms with Gasteiger partial charge in [0, 0.05) is 29.8 Å². The molecule has 4 N–H and O–H groups in total. The third kappa shape index (κ3) is 6.04. The average molecular weight is 514 g/mol. The van der Waals surface area contributed by atoms with Crippen LogP contribution in [0.3, 0.4) is 0 Å². The van der Waals surface area contributed by atoms with Crippen molar-refractivity contribution < 1.29 is 9.53 Å². The van der Waals surface area contributed by atoms with Crippen molar-refractivity contribution in [2.75, 3.05) is 11.1 Å². The molecule has 0 unspecified atom stereocenters. The molecule has 2 heterocycles. The molecule has 198 valence electrons. The van der Waals surface area contributed by atoms with Crippen molar-refractivity contribution in [2.24, 2.45) is 0 Å². The summed E-state index contributed by atoms with van der Waals surface area (Å²) in [6.07, 6.45) is 4.98. The smallest absolute Gasteiger partial charge is 0.407 e. The van der Waals surface area contributed by atoms with Crippen molar-refractivity contribution in [1.82, 2.24) is 24.9 Å². The van der Waals surface area contributed by atoms with E-state index in [9.17, 15) is 4.79 Å². The minimum Gasteiger partial charge on any atom is -0.445 e. The van der Waals surface area contributed by atoms with Crippen LogP contribution in [-0.4, -0.2) is 31.7 Å². The number of carbonyl (C=O) groups is 1. The highest BCUT2D eigenvalue weighted by Gasteiger charge is 2.27. The Morgan fingerprint density at radius 2 is 1.82 bits per heavy atom. The maximum Gasteiger partial charge on any atom is 0.407 e. The molecule has 0 saturated heterocycles. The van der Waals surface area contributed by atoms with Crippen molar-refractivity contribution in [3.63, 3.8) is 0 Å². The molecule has 4 aromatic rings. The Kier molecular flexibility index (Phi) is 7.72. The zero-order valence-corrected chi connectivity index (χ0v) is 21.9. The summed E-state index contributed by atoms with van der Waals surface area (Å²) in [4.78, 5) is 22.2. The summed E-state index contributed by atoms with van der Waals surface area (Å²) in [5.74, 6) is 1.99. The predicted molar refractivity (Wildman–Crippen MR) is 148 cm³/mol. The summed E-state index contributed by atoms with van der Waals surface area (Å²) in [5.41, 5.74) is 10.7. The van der Waals surface area contributed by atoms with Gasteiger partial charge in [0.15, 0.2) is 5.65 Å². The van der Waals surface area contributed by atoms with Crippen LogP contribution < -0.4 is 16.4 Å². The summed E-state index contributed by atoms with van der Waals surface area (Å²) in [6.45, 7) is 5.14. The first kappa shape index (κ1) is 25.5. The lowest BCUT2D eigenvalue weighted by molar-refractivity contribution is 0.132. The van der Waals surface area contributed by atoms with Crippen molar-refractivity contribution >= 4 is 23.4 Å². The van der Waals surface area contributed by atoms with E-state index in [0.717, 1.165) is 59.5 Å². The molecule has 1 saturated carbocycles. The Hall–Kier alpha value is -4.14. The molecule has 0 bridgehead atoms. The number of benzene rings is 2. The van der Waals surface area contributed by atoms with Gasteiger partial charge in [-0.1, -0.05) is 56.3 Å². The molecule has 0 radical (unpaired) electrons. The second-order valence-electron chi connectivity index (χ2n) is 10.2. The van der Waals surface area contributed by atoms with Crippen LogP contribution in [0.15, 0.2) is 60.8 Å². The largest absolute Gasteiger partial charge is 0.445 e. The number of carbonyl (C=O) groups excluding carboxylic acids is 1. The topological polar surface area (TPSA) is 119 Å². The third-order valence-corrected chi connectivity index (χ3v) is 7.06. The predicted octanol–water partition coefficient (Wildman–Crippen LogP) is 5.39. The second-order valence-corrected chi connectivity index (χ2v) is 10.2. The van der Waals surface area contributed by atoms with Gasteiger partial charge < -0.3 is 21.1 Å². The number of nitrogens with two attached hydrogens (primary N) is 1. The molecule has 0 atom stereocenters. The highest BCUT2D eigenvalue weighted by Crippen LogP contribution is 2.33. The van der Waals surface area contributed by atoms with Crippen molar-refractivity contribution in [1.29, 1.82) is 0 Å². The Bertz CT molecular complexity index is 1380. The van der Waals surface area contributed by atoms with Crippen LogP contribution in [0.2, 0.25) is 0 Å². The molecule has 5 rings (SSSR count). The molecule has 38 heavy (non-hydrogen) atoms. The number of rotatable bonds is 8. The van der Waals surface area contributed by atoms with Gasteiger partial charge in [0.05, 0.1) is 6.20 Å². The molecule has 1 aliphatic carbocycles. The molecule has 1 fully saturated rings. The highest BCUT2D eigenvalue weighted by atomic mass is 16.5. The fraction of sp³-hybridized carbons (Fsp3) is 0.379. The number of nitrogen functional groups attached to an aromatic ring is 1. The molecule has 9 nitrogen and oxygen atoms in total. The Morgan fingerprint density at radius 1 is 1.05 bits per heavy atom. The molecule has 0 spiro atoms. The van der Waals surface area contributed by atoms with Gasteiger partial charge in [0.2, 0.25) is 5.95 Å². The Balaban J connectivity index is 1.25. The van der Waals surface area contributed by atoms with Gasteiger partial charge in [-0.05, 0) is 54.9 Å². The first-order valence-corrected chi connectivity index (χ1v) is 13.3. The number of amides is 1. The number of hydrogen-bond acceptors (Lipinski definition) is 7. The highest BCUT2D eigenvalue weighted by molar-refractivity contribution is 5.67. The van der Waals surface area contributed by atoms with Gasteiger partial charge in [-0.25, -0.2) is 9.78 Å². The van der Waals surface area contributed by atoms with E-state index >= 15 is 0 Å². The molecule has 2 aromatic heterocycles. The maximum absolute atomic E-state index is 12.3. The standard InChI is InChI=1S/C29H35N7O2/c1-19(2)25-17-32-36-27(25)34-26(35-28(36)31-16-21-9-6-10-23(30)15-21)22-11-13-24(14-12-22)33-29(37)38-18-20-7-4-3-5-8-20/h3-10,15,17,19,22,24H,11-14,16,18,30H2,1-2H3,(H,33,37)(H,31,34,35). The number of ether oxygens (including phenoxy) is 1. The van der Waals surface area contributed by atoms with E-state index in [0.29, 0.717) is 18.4 Å². The first-order chi connectivity index (χ1) is 18.5. The van der Waals surface area contributed by atoms with Crippen molar-refractivity contribution in [2.45, 2.75) is 70.6 Å². The van der Waals surface area contributed by atoms with Gasteiger partial charge in [0.25, 0.3) is 0 Å². The van der Waals surface area contributed by atoms with Crippen molar-refractivity contribution in [3.05, 3.63) is 83.3 Å². The van der Waals surface area contributed by atoms with Crippen LogP contribution in [0, 0.1) is 0 Å². The number of nitrogens with zero attached hydrogens (tertiary/aromatic N) is 4. The van der Waals surface area contributed by atoms with Crippen LogP contribution in [0.4, 0.5) is 16.4 Å². The molecule has 1 aliphatic rings. The van der Waals surface area contributed by atoms with E-state index in [2.05, 4.69) is 29.6 Å². The summed E-state index contributed by atoms with van der Waals surface area (Å²) >= 11 is 0. The number of nitrogens with one attached hydrogen (secondary N) is 2. The van der Waals surface area contributed by atoms with Gasteiger partial charge in [0.1, 0.15) is 12.4 Å². The lowest BCUT2D eigenvalue weighted by Crippen LogP contribution is -2.37. The van der Waals surface area contributed by atoms with Crippen LogP contribution in [0.25, 0.3) is 5.65 Å². The van der Waals surface area contributed by atoms with E-state index in [-0.39, 0.29) is 24.7 Å². The zero-order valence-electron chi connectivity index (χ0n) is 21.9. The minimum absolute atomic E-state index is 0.0839. The molecule has 2 aromatic carbocycles. The van der Waals surface area contributed by atoms with E-state index in [1.54, 1.807) is 4.52 Å². The zero-order chi connectivity index (χ0) is 26.5. The monoisotopic (exact) mass is 513 g/mol. The van der Waals surface area contributed by atoms with E-state index in [4.69, 9.17) is 20.4 Å². The molecular weight excluding hydrogens is 478 g/mol. The fourth-order valence-corrected chi connectivity index (χ4v) is 4.93. The first-order valence-electron chi connectivity index (χ1n) is 13.3. The normalized spacial score (nSPS) is 17.4. The quantitative estimate of drug-likeness (QED) is 0.270. The third-order valence-electron chi connectivity index (χ3n) is 7.06. The number of alkyl carbamates (subject to hydrolysis) is 1. The minimum atomic E-state index is -0.371. The number of hydrogen-bond donors (Lipinski definition) is 3. The Labute approximate surface area is 222 Å².